The van der Waals surface area contributed by atoms with Crippen LogP contribution in [-0.2, 0) is 12.3 Å². The smallest absolute Gasteiger partial charge is 0.270 e. The first-order valence-electron chi connectivity index (χ1n) is 7.68. The molecule has 0 aliphatic rings. The van der Waals surface area contributed by atoms with E-state index in [1.165, 1.54) is 23.9 Å². The van der Waals surface area contributed by atoms with Crippen molar-refractivity contribution >= 4 is 17.4 Å². The molecule has 0 atom stereocenters. The van der Waals surface area contributed by atoms with E-state index in [9.17, 15) is 10.1 Å². The molecular weight excluding hydrogens is 374 g/mol. The van der Waals surface area contributed by atoms with Crippen LogP contribution in [0.1, 0.15) is 11.7 Å². The lowest BCUT2D eigenvalue weighted by Crippen LogP contribution is -2.03. The van der Waals surface area contributed by atoms with E-state index in [0.29, 0.717) is 28.9 Å². The van der Waals surface area contributed by atoms with Crippen LogP contribution in [0.5, 0.6) is 0 Å². The number of nitro groups is 1. The largest absolute Gasteiger partial charge is 0.467 e. The first-order chi connectivity index (χ1) is 13.2. The number of hydrogen-bond acceptors (Lipinski definition) is 10. The van der Waals surface area contributed by atoms with Crippen molar-refractivity contribution in [1.82, 2.24) is 30.3 Å². The van der Waals surface area contributed by atoms with Crippen LogP contribution in [0.3, 0.4) is 0 Å². The molecule has 27 heavy (non-hydrogen) atoms. The van der Waals surface area contributed by atoms with E-state index in [1.807, 2.05) is 6.07 Å². The van der Waals surface area contributed by atoms with Gasteiger partial charge in [-0.3, -0.25) is 10.1 Å². The molecule has 4 rings (SSSR count). The molecule has 0 bridgehead atoms. The summed E-state index contributed by atoms with van der Waals surface area (Å²) in [5, 5.41) is 26.9. The number of thioether (sulfide) groups is 1. The van der Waals surface area contributed by atoms with Gasteiger partial charge < -0.3 is 8.94 Å². The van der Waals surface area contributed by atoms with E-state index in [1.54, 1.807) is 29.1 Å². The Morgan fingerprint density at radius 3 is 3.00 bits per heavy atom. The minimum absolute atomic E-state index is 0.0367. The summed E-state index contributed by atoms with van der Waals surface area (Å²) in [7, 11) is 0. The lowest BCUT2D eigenvalue weighted by atomic mass is 10.2. The van der Waals surface area contributed by atoms with E-state index in [2.05, 4.69) is 25.7 Å². The minimum atomic E-state index is -0.473. The highest BCUT2D eigenvalue weighted by Crippen LogP contribution is 2.24. The fourth-order valence-corrected chi connectivity index (χ4v) is 2.98. The number of non-ortho nitro benzene ring substituents is 1. The fourth-order valence-electron chi connectivity index (χ4n) is 2.26. The molecular formula is C15H11N7O4S. The van der Waals surface area contributed by atoms with Gasteiger partial charge in [0, 0.05) is 17.7 Å². The predicted octanol–water partition coefficient (Wildman–Crippen LogP) is 2.56. The lowest BCUT2D eigenvalue weighted by molar-refractivity contribution is -0.384. The van der Waals surface area contributed by atoms with Crippen LogP contribution in [-0.4, -0.2) is 35.3 Å². The minimum Gasteiger partial charge on any atom is -0.467 e. The van der Waals surface area contributed by atoms with Crippen LogP contribution in [0.25, 0.3) is 11.4 Å². The van der Waals surface area contributed by atoms with Gasteiger partial charge in [0.1, 0.15) is 12.3 Å². The Morgan fingerprint density at radius 2 is 2.19 bits per heavy atom. The fraction of sp³-hybridized carbons (Fsp3) is 0.133. The molecule has 3 aromatic heterocycles. The highest BCUT2D eigenvalue weighted by atomic mass is 32.2. The average molecular weight is 385 g/mol. The Morgan fingerprint density at radius 1 is 1.26 bits per heavy atom. The van der Waals surface area contributed by atoms with Crippen LogP contribution < -0.4 is 0 Å². The molecule has 0 N–H and O–H groups in total. The van der Waals surface area contributed by atoms with Crippen LogP contribution in [0.2, 0.25) is 0 Å². The normalized spacial score (nSPS) is 11.0. The van der Waals surface area contributed by atoms with Crippen molar-refractivity contribution in [3.8, 4) is 11.4 Å². The second kappa shape index (κ2) is 7.37. The Labute approximate surface area is 155 Å². The molecule has 4 aromatic rings. The van der Waals surface area contributed by atoms with Gasteiger partial charge >= 0.3 is 0 Å². The van der Waals surface area contributed by atoms with Gasteiger partial charge in [-0.1, -0.05) is 29.1 Å². The Bertz CT molecular complexity index is 1060. The predicted molar refractivity (Wildman–Crippen MR) is 91.6 cm³/mol. The number of tetrazole rings is 1. The molecule has 0 spiro atoms. The molecule has 12 heteroatoms. The van der Waals surface area contributed by atoms with Crippen molar-refractivity contribution in [1.29, 1.82) is 0 Å². The quantitative estimate of drug-likeness (QED) is 0.265. The zero-order chi connectivity index (χ0) is 18.6. The van der Waals surface area contributed by atoms with E-state index in [0.717, 1.165) is 5.76 Å². The Kier molecular flexibility index (Phi) is 4.61. The van der Waals surface area contributed by atoms with E-state index >= 15 is 0 Å². The van der Waals surface area contributed by atoms with Gasteiger partial charge in [0.25, 0.3) is 5.69 Å². The summed E-state index contributed by atoms with van der Waals surface area (Å²) >= 11 is 1.33. The van der Waals surface area contributed by atoms with Crippen molar-refractivity contribution in [3.63, 3.8) is 0 Å². The van der Waals surface area contributed by atoms with Gasteiger partial charge in [-0.2, -0.15) is 4.98 Å². The number of aromatic nitrogens is 6. The highest BCUT2D eigenvalue weighted by molar-refractivity contribution is 7.98. The molecule has 0 unspecified atom stereocenters. The summed E-state index contributed by atoms with van der Waals surface area (Å²) < 4.78 is 12.1. The lowest BCUT2D eigenvalue weighted by Gasteiger charge is -2.00. The summed E-state index contributed by atoms with van der Waals surface area (Å²) in [6.45, 7) is 0.408. The maximum atomic E-state index is 10.9. The molecule has 136 valence electrons. The molecule has 3 heterocycles. The highest BCUT2D eigenvalue weighted by Gasteiger charge is 2.15. The van der Waals surface area contributed by atoms with Gasteiger partial charge in [0.2, 0.25) is 16.9 Å². The van der Waals surface area contributed by atoms with Crippen LogP contribution in [0, 0.1) is 10.1 Å². The van der Waals surface area contributed by atoms with E-state index in [4.69, 9.17) is 8.94 Å². The number of nitrogens with zero attached hydrogens (tertiary/aromatic N) is 7. The Hall–Kier alpha value is -3.54. The zero-order valence-electron chi connectivity index (χ0n) is 13.6. The number of rotatable bonds is 7. The summed E-state index contributed by atoms with van der Waals surface area (Å²) in [6, 6.07) is 9.67. The number of benzene rings is 1. The molecule has 0 amide bonds. The molecule has 0 saturated carbocycles. The van der Waals surface area contributed by atoms with Crippen LogP contribution in [0.15, 0.2) is 56.8 Å². The molecule has 1 aromatic carbocycles. The van der Waals surface area contributed by atoms with Crippen molar-refractivity contribution in [3.05, 3.63) is 64.4 Å². The molecule has 0 fully saturated rings. The van der Waals surface area contributed by atoms with Crippen LogP contribution in [0.4, 0.5) is 5.69 Å². The second-order valence-electron chi connectivity index (χ2n) is 5.31. The molecule has 11 nitrogen and oxygen atoms in total. The maximum Gasteiger partial charge on any atom is 0.270 e. The van der Waals surface area contributed by atoms with E-state index < -0.39 is 4.92 Å². The standard InChI is InChI=1S/C15H11N7O4S/c23-22(24)11-4-1-3-10(7-11)14-16-13(26-18-14)9-27-15-17-19-20-21(15)8-12-5-2-6-25-12/h1-7H,8-9H2. The van der Waals surface area contributed by atoms with Gasteiger partial charge in [-0.15, -0.1) is 5.10 Å². The van der Waals surface area contributed by atoms with E-state index in [-0.39, 0.29) is 11.5 Å². The first kappa shape index (κ1) is 16.9. The third-order valence-electron chi connectivity index (χ3n) is 3.49. The zero-order valence-corrected chi connectivity index (χ0v) is 14.4. The van der Waals surface area contributed by atoms with Gasteiger partial charge in [0.05, 0.1) is 16.9 Å². The van der Waals surface area contributed by atoms with Crippen molar-refractivity contribution in [2.45, 2.75) is 17.5 Å². The van der Waals surface area contributed by atoms with Gasteiger partial charge in [-0.05, 0) is 22.6 Å². The molecule has 0 saturated heterocycles. The van der Waals surface area contributed by atoms with Crippen molar-refractivity contribution in [2.75, 3.05) is 0 Å². The Balaban J connectivity index is 1.44. The molecule has 0 aliphatic heterocycles. The third-order valence-corrected chi connectivity index (χ3v) is 4.43. The topological polar surface area (TPSA) is 139 Å². The summed E-state index contributed by atoms with van der Waals surface area (Å²) in [4.78, 5) is 14.7. The van der Waals surface area contributed by atoms with Crippen molar-refractivity contribution < 1.29 is 13.9 Å². The molecule has 0 radical (unpaired) electrons. The second-order valence-corrected chi connectivity index (χ2v) is 6.25. The van der Waals surface area contributed by atoms with Crippen molar-refractivity contribution in [2.24, 2.45) is 0 Å². The van der Waals surface area contributed by atoms with Gasteiger partial charge in [-0.25, -0.2) is 4.68 Å². The number of nitro benzene ring substituents is 1. The summed E-state index contributed by atoms with van der Waals surface area (Å²) in [6.07, 6.45) is 1.58. The molecule has 0 aliphatic carbocycles. The maximum absolute atomic E-state index is 10.9. The average Bonchev–Trinajstić information content (AvgIpc) is 3.43. The monoisotopic (exact) mass is 385 g/mol. The van der Waals surface area contributed by atoms with Crippen LogP contribution >= 0.6 is 11.8 Å². The first-order valence-corrected chi connectivity index (χ1v) is 8.66. The summed E-state index contributed by atoms with van der Waals surface area (Å²) in [5.74, 6) is 1.72. The third kappa shape index (κ3) is 3.84. The summed E-state index contributed by atoms with van der Waals surface area (Å²) in [5.41, 5.74) is 0.470. The number of furan rings is 1. The van der Waals surface area contributed by atoms with Gasteiger partial charge in [0.15, 0.2) is 0 Å². The number of hydrogen-bond donors (Lipinski definition) is 0. The SMILES string of the molecule is O=[N+]([O-])c1cccc(-c2noc(CSc3nnnn3Cc3ccco3)n2)c1.